The molecule has 0 radical (unpaired) electrons. The van der Waals surface area contributed by atoms with Gasteiger partial charge in [0.1, 0.15) is 5.82 Å². The number of rotatable bonds is 6. The summed E-state index contributed by atoms with van der Waals surface area (Å²) >= 11 is 0. The van der Waals surface area contributed by atoms with E-state index in [0.717, 1.165) is 70.7 Å². The van der Waals surface area contributed by atoms with Crippen molar-refractivity contribution < 1.29 is 9.47 Å². The Kier molecular flexibility index (Phi) is 7.29. The summed E-state index contributed by atoms with van der Waals surface area (Å²) < 4.78 is 11.2. The molecule has 2 saturated heterocycles. The Labute approximate surface area is 162 Å². The minimum atomic E-state index is 0.251. The molecule has 0 bridgehead atoms. The van der Waals surface area contributed by atoms with Gasteiger partial charge < -0.3 is 24.6 Å². The first kappa shape index (κ1) is 19.9. The standard InChI is InChI=1S/C20H33N5O2/c1-4-26-15-18-6-8-25(14-18)20(21-3)23-12-17-5-7-22-19(11-17)24-9-10-27-16(2)13-24/h5,7,11,16,18H,4,6,8-10,12-15H2,1-3H3,(H,21,23). The molecular formula is C20H33N5O2. The van der Waals surface area contributed by atoms with E-state index in [-0.39, 0.29) is 6.10 Å². The molecule has 0 saturated carbocycles. The number of guanidine groups is 1. The maximum absolute atomic E-state index is 5.63. The van der Waals surface area contributed by atoms with Crippen LogP contribution in [0.25, 0.3) is 0 Å². The van der Waals surface area contributed by atoms with E-state index in [2.05, 4.69) is 44.1 Å². The number of anilines is 1. The summed E-state index contributed by atoms with van der Waals surface area (Å²) in [5, 5.41) is 3.51. The molecular weight excluding hydrogens is 342 g/mol. The Hall–Kier alpha value is -1.86. The molecule has 150 valence electrons. The molecule has 2 atom stereocenters. The first-order valence-corrected chi connectivity index (χ1v) is 10.0. The van der Waals surface area contributed by atoms with Crippen molar-refractivity contribution in [2.24, 2.45) is 10.9 Å². The molecule has 7 nitrogen and oxygen atoms in total. The Morgan fingerprint density at radius 2 is 2.30 bits per heavy atom. The van der Waals surface area contributed by atoms with E-state index in [4.69, 9.17) is 9.47 Å². The van der Waals surface area contributed by atoms with E-state index in [9.17, 15) is 0 Å². The largest absolute Gasteiger partial charge is 0.381 e. The van der Waals surface area contributed by atoms with Crippen LogP contribution in [0.4, 0.5) is 5.82 Å². The fourth-order valence-electron chi connectivity index (χ4n) is 3.73. The SMILES string of the molecule is CCOCC1CCN(C(=NC)NCc2ccnc(N3CCOC(C)C3)c2)C1. The zero-order valence-electron chi connectivity index (χ0n) is 16.9. The lowest BCUT2D eigenvalue weighted by atomic mass is 10.1. The fraction of sp³-hybridized carbons (Fsp3) is 0.700. The molecule has 0 amide bonds. The summed E-state index contributed by atoms with van der Waals surface area (Å²) in [6, 6.07) is 4.23. The van der Waals surface area contributed by atoms with Gasteiger partial charge in [0, 0.05) is 58.5 Å². The van der Waals surface area contributed by atoms with Crippen molar-refractivity contribution in [2.45, 2.75) is 32.9 Å². The number of hydrogen-bond acceptors (Lipinski definition) is 5. The van der Waals surface area contributed by atoms with E-state index in [1.807, 2.05) is 20.2 Å². The van der Waals surface area contributed by atoms with Crippen LogP contribution < -0.4 is 10.2 Å². The number of nitrogens with one attached hydrogen (secondary N) is 1. The molecule has 7 heteroatoms. The van der Waals surface area contributed by atoms with Gasteiger partial charge in [-0.2, -0.15) is 0 Å². The minimum absolute atomic E-state index is 0.251. The molecule has 2 fully saturated rings. The molecule has 2 unspecified atom stereocenters. The van der Waals surface area contributed by atoms with Crippen LogP contribution in [0.1, 0.15) is 25.8 Å². The van der Waals surface area contributed by atoms with Crippen LogP contribution in [0, 0.1) is 5.92 Å². The predicted octanol–water partition coefficient (Wildman–Crippen LogP) is 1.74. The number of hydrogen-bond donors (Lipinski definition) is 1. The van der Waals surface area contributed by atoms with E-state index in [1.54, 1.807) is 0 Å². The number of nitrogens with zero attached hydrogens (tertiary/aromatic N) is 4. The third-order valence-electron chi connectivity index (χ3n) is 5.18. The zero-order chi connectivity index (χ0) is 19.1. The fourth-order valence-corrected chi connectivity index (χ4v) is 3.73. The van der Waals surface area contributed by atoms with E-state index < -0.39 is 0 Å². The third kappa shape index (κ3) is 5.56. The molecule has 0 spiro atoms. The van der Waals surface area contributed by atoms with Crippen molar-refractivity contribution in [2.75, 3.05) is 57.9 Å². The van der Waals surface area contributed by atoms with E-state index in [0.29, 0.717) is 5.92 Å². The van der Waals surface area contributed by atoms with Gasteiger partial charge in [-0.05, 0) is 38.0 Å². The van der Waals surface area contributed by atoms with Crippen LogP contribution in [-0.2, 0) is 16.0 Å². The van der Waals surface area contributed by atoms with Crippen molar-refractivity contribution in [1.29, 1.82) is 0 Å². The second-order valence-electron chi connectivity index (χ2n) is 7.31. The predicted molar refractivity (Wildman–Crippen MR) is 108 cm³/mol. The van der Waals surface area contributed by atoms with Gasteiger partial charge in [-0.15, -0.1) is 0 Å². The second kappa shape index (κ2) is 9.90. The summed E-state index contributed by atoms with van der Waals surface area (Å²) in [5.41, 5.74) is 1.21. The average molecular weight is 376 g/mol. The van der Waals surface area contributed by atoms with Crippen LogP contribution >= 0.6 is 0 Å². The van der Waals surface area contributed by atoms with E-state index >= 15 is 0 Å². The highest BCUT2D eigenvalue weighted by molar-refractivity contribution is 5.80. The molecule has 27 heavy (non-hydrogen) atoms. The monoisotopic (exact) mass is 375 g/mol. The van der Waals surface area contributed by atoms with Crippen LogP contribution in [-0.4, -0.2) is 75.0 Å². The van der Waals surface area contributed by atoms with Crippen LogP contribution in [0.3, 0.4) is 0 Å². The summed E-state index contributed by atoms with van der Waals surface area (Å²) in [7, 11) is 1.85. The summed E-state index contributed by atoms with van der Waals surface area (Å²) in [6.07, 6.45) is 3.30. The number of ether oxygens (including phenoxy) is 2. The van der Waals surface area contributed by atoms with Crippen molar-refractivity contribution in [3.8, 4) is 0 Å². The first-order valence-electron chi connectivity index (χ1n) is 10.0. The first-order chi connectivity index (χ1) is 13.2. The summed E-state index contributed by atoms with van der Waals surface area (Å²) in [4.78, 5) is 13.6. The Morgan fingerprint density at radius 1 is 1.41 bits per heavy atom. The Bertz CT molecular complexity index is 624. The van der Waals surface area contributed by atoms with Gasteiger partial charge in [-0.3, -0.25) is 4.99 Å². The quantitative estimate of drug-likeness (QED) is 0.604. The van der Waals surface area contributed by atoms with Crippen molar-refractivity contribution in [3.63, 3.8) is 0 Å². The lowest BCUT2D eigenvalue weighted by molar-refractivity contribution is 0.0529. The van der Waals surface area contributed by atoms with Gasteiger partial charge in [0.05, 0.1) is 19.3 Å². The zero-order valence-corrected chi connectivity index (χ0v) is 16.9. The van der Waals surface area contributed by atoms with Crippen LogP contribution in [0.5, 0.6) is 0 Å². The third-order valence-corrected chi connectivity index (χ3v) is 5.18. The minimum Gasteiger partial charge on any atom is -0.381 e. The van der Waals surface area contributed by atoms with Crippen LogP contribution in [0.15, 0.2) is 23.3 Å². The average Bonchev–Trinajstić information content (AvgIpc) is 3.16. The van der Waals surface area contributed by atoms with Crippen molar-refractivity contribution in [1.82, 2.24) is 15.2 Å². The summed E-state index contributed by atoms with van der Waals surface area (Å²) in [6.45, 7) is 11.1. The maximum atomic E-state index is 5.63. The van der Waals surface area contributed by atoms with Crippen LogP contribution in [0.2, 0.25) is 0 Å². The van der Waals surface area contributed by atoms with Gasteiger partial charge in [0.15, 0.2) is 5.96 Å². The molecule has 0 aromatic carbocycles. The second-order valence-corrected chi connectivity index (χ2v) is 7.31. The number of aliphatic imine (C=N–C) groups is 1. The smallest absolute Gasteiger partial charge is 0.193 e. The van der Waals surface area contributed by atoms with E-state index in [1.165, 1.54) is 5.56 Å². The highest BCUT2D eigenvalue weighted by Crippen LogP contribution is 2.18. The number of pyridine rings is 1. The molecule has 3 rings (SSSR count). The topological polar surface area (TPSA) is 62.2 Å². The molecule has 3 heterocycles. The maximum Gasteiger partial charge on any atom is 0.193 e. The highest BCUT2D eigenvalue weighted by atomic mass is 16.5. The molecule has 1 aromatic heterocycles. The highest BCUT2D eigenvalue weighted by Gasteiger charge is 2.25. The molecule has 2 aliphatic heterocycles. The van der Waals surface area contributed by atoms with Gasteiger partial charge in [0.25, 0.3) is 0 Å². The number of aromatic nitrogens is 1. The van der Waals surface area contributed by atoms with Gasteiger partial charge >= 0.3 is 0 Å². The number of likely N-dealkylation sites (tertiary alicyclic amines) is 1. The van der Waals surface area contributed by atoms with Crippen molar-refractivity contribution in [3.05, 3.63) is 23.9 Å². The lowest BCUT2D eigenvalue weighted by Crippen LogP contribution is -2.41. The number of morpholine rings is 1. The Balaban J connectivity index is 1.53. The normalized spacial score (nSPS) is 23.7. The molecule has 1 N–H and O–H groups in total. The molecule has 0 aliphatic carbocycles. The molecule has 1 aromatic rings. The van der Waals surface area contributed by atoms with Gasteiger partial charge in [-0.1, -0.05) is 0 Å². The molecule has 2 aliphatic rings. The Morgan fingerprint density at radius 3 is 3.07 bits per heavy atom. The van der Waals surface area contributed by atoms with Gasteiger partial charge in [0.2, 0.25) is 0 Å². The summed E-state index contributed by atoms with van der Waals surface area (Å²) in [5.74, 6) is 2.59. The van der Waals surface area contributed by atoms with Gasteiger partial charge in [-0.25, -0.2) is 4.98 Å². The lowest BCUT2D eigenvalue weighted by Gasteiger charge is -2.32. The van der Waals surface area contributed by atoms with Crippen molar-refractivity contribution >= 4 is 11.8 Å².